The molecule has 0 bridgehead atoms. The number of nitrogens with zero attached hydrogens (tertiary/aromatic N) is 4. The van der Waals surface area contributed by atoms with Gasteiger partial charge in [0.15, 0.2) is 0 Å². The number of carbonyl (C=O) groups excluding carboxylic acids is 2. The highest BCUT2D eigenvalue weighted by Gasteiger charge is 2.43. The maximum absolute atomic E-state index is 13.1. The fourth-order valence-electron chi connectivity index (χ4n) is 4.00. The summed E-state index contributed by atoms with van der Waals surface area (Å²) in [7, 11) is 0. The second kappa shape index (κ2) is 9.26. The Morgan fingerprint density at radius 1 is 1.03 bits per heavy atom. The average Bonchev–Trinajstić information content (AvgIpc) is 3.09. The number of imide groups is 1. The Kier molecular flexibility index (Phi) is 6.28. The Morgan fingerprint density at radius 2 is 1.80 bits per heavy atom. The largest absolute Gasteiger partial charge is 0.494 e. The highest BCUT2D eigenvalue weighted by atomic mass is 16.5. The second-order valence-electron chi connectivity index (χ2n) is 7.69. The van der Waals surface area contributed by atoms with Crippen LogP contribution in [0.2, 0.25) is 0 Å². The molecule has 0 saturated carbocycles. The number of rotatable bonds is 7. The number of unbranched alkanes of at least 4 members (excludes halogenated alkanes) is 1. The molecule has 7 heteroatoms. The van der Waals surface area contributed by atoms with Crippen LogP contribution in [0.25, 0.3) is 0 Å². The Morgan fingerprint density at radius 3 is 2.47 bits per heavy atom. The molecule has 4 rings (SSSR count). The highest BCUT2D eigenvalue weighted by molar-refractivity contribution is 6.22. The lowest BCUT2D eigenvalue weighted by atomic mass is 10.1. The van der Waals surface area contributed by atoms with Gasteiger partial charge in [-0.3, -0.25) is 14.5 Å². The Bertz CT molecular complexity index is 864. The molecule has 2 aliphatic rings. The molecular formula is C23H28N4O3. The van der Waals surface area contributed by atoms with Crippen molar-refractivity contribution in [3.8, 4) is 5.75 Å². The van der Waals surface area contributed by atoms with Crippen molar-refractivity contribution in [2.75, 3.05) is 42.6 Å². The van der Waals surface area contributed by atoms with Crippen LogP contribution in [0.1, 0.15) is 26.2 Å². The van der Waals surface area contributed by atoms with E-state index in [-0.39, 0.29) is 24.3 Å². The average molecular weight is 409 g/mol. The number of carbonyl (C=O) groups is 2. The molecule has 2 fully saturated rings. The first-order chi connectivity index (χ1) is 14.7. The number of benzene rings is 1. The number of piperazine rings is 1. The number of hydrogen-bond donors (Lipinski definition) is 0. The van der Waals surface area contributed by atoms with E-state index in [2.05, 4.69) is 21.7 Å². The van der Waals surface area contributed by atoms with Crippen molar-refractivity contribution in [2.45, 2.75) is 32.2 Å². The van der Waals surface area contributed by atoms with Gasteiger partial charge in [-0.05, 0) is 42.8 Å². The van der Waals surface area contributed by atoms with Crippen LogP contribution in [0.15, 0.2) is 48.7 Å². The summed E-state index contributed by atoms with van der Waals surface area (Å²) in [5, 5.41) is 0. The van der Waals surface area contributed by atoms with Gasteiger partial charge in [-0.25, -0.2) is 9.88 Å². The van der Waals surface area contributed by atoms with Gasteiger partial charge in [-0.15, -0.1) is 0 Å². The molecule has 7 nitrogen and oxygen atoms in total. The molecule has 3 heterocycles. The van der Waals surface area contributed by atoms with Crippen molar-refractivity contribution in [3.63, 3.8) is 0 Å². The van der Waals surface area contributed by atoms with E-state index in [1.807, 2.05) is 30.3 Å². The molecule has 0 aliphatic carbocycles. The summed E-state index contributed by atoms with van der Waals surface area (Å²) in [4.78, 5) is 35.8. The highest BCUT2D eigenvalue weighted by Crippen LogP contribution is 2.28. The molecule has 2 saturated heterocycles. The van der Waals surface area contributed by atoms with Crippen molar-refractivity contribution < 1.29 is 14.3 Å². The summed E-state index contributed by atoms with van der Waals surface area (Å²) in [6.45, 7) is 5.84. The summed E-state index contributed by atoms with van der Waals surface area (Å²) in [6, 6.07) is 12.7. The minimum Gasteiger partial charge on any atom is -0.494 e. The van der Waals surface area contributed by atoms with Crippen LogP contribution in [-0.2, 0) is 9.59 Å². The fraction of sp³-hybridized carbons (Fsp3) is 0.435. The number of ether oxygens (including phenoxy) is 1. The lowest BCUT2D eigenvalue weighted by molar-refractivity contribution is -0.123. The van der Waals surface area contributed by atoms with Gasteiger partial charge in [0.1, 0.15) is 11.6 Å². The number of pyridine rings is 1. The molecule has 0 radical (unpaired) electrons. The van der Waals surface area contributed by atoms with Crippen LogP contribution in [-0.4, -0.2) is 60.5 Å². The van der Waals surface area contributed by atoms with E-state index in [9.17, 15) is 9.59 Å². The third kappa shape index (κ3) is 4.31. The molecule has 1 atom stereocenters. The van der Waals surface area contributed by atoms with Crippen molar-refractivity contribution in [3.05, 3.63) is 48.7 Å². The van der Waals surface area contributed by atoms with Gasteiger partial charge in [0.2, 0.25) is 5.91 Å². The third-order valence-corrected chi connectivity index (χ3v) is 5.71. The molecule has 158 valence electrons. The van der Waals surface area contributed by atoms with E-state index in [1.165, 1.54) is 4.90 Å². The van der Waals surface area contributed by atoms with E-state index in [1.54, 1.807) is 18.3 Å². The number of amides is 2. The van der Waals surface area contributed by atoms with Crippen LogP contribution < -0.4 is 14.5 Å². The third-order valence-electron chi connectivity index (χ3n) is 5.71. The molecule has 0 unspecified atom stereocenters. The van der Waals surface area contributed by atoms with E-state index in [0.717, 1.165) is 50.6 Å². The van der Waals surface area contributed by atoms with E-state index in [0.29, 0.717) is 12.3 Å². The van der Waals surface area contributed by atoms with E-state index >= 15 is 0 Å². The Labute approximate surface area is 177 Å². The van der Waals surface area contributed by atoms with Gasteiger partial charge < -0.3 is 9.64 Å². The summed E-state index contributed by atoms with van der Waals surface area (Å²) in [5.41, 5.74) is 0.613. The smallest absolute Gasteiger partial charge is 0.251 e. The zero-order valence-electron chi connectivity index (χ0n) is 17.4. The minimum absolute atomic E-state index is 0.133. The van der Waals surface area contributed by atoms with Crippen molar-refractivity contribution in [1.29, 1.82) is 0 Å². The molecule has 1 aromatic carbocycles. The first-order valence-electron chi connectivity index (χ1n) is 10.7. The minimum atomic E-state index is -0.385. The van der Waals surface area contributed by atoms with Gasteiger partial charge in [0.25, 0.3) is 5.91 Å². The number of hydrogen-bond acceptors (Lipinski definition) is 6. The standard InChI is InChI=1S/C23H28N4O3/c1-2-3-16-30-19-9-7-18(8-10-19)27-22(28)17-20(23(27)29)25-12-14-26(15-13-25)21-6-4-5-11-24-21/h4-11,20H,2-3,12-17H2,1H3/t20-/m1/s1. The van der Waals surface area contributed by atoms with Gasteiger partial charge in [0.05, 0.1) is 24.8 Å². The normalized spacial score (nSPS) is 20.1. The zero-order valence-corrected chi connectivity index (χ0v) is 17.4. The Hall–Kier alpha value is -2.93. The molecule has 30 heavy (non-hydrogen) atoms. The van der Waals surface area contributed by atoms with Crippen LogP contribution in [0.4, 0.5) is 11.5 Å². The quantitative estimate of drug-likeness (QED) is 0.518. The van der Waals surface area contributed by atoms with Crippen LogP contribution in [0.5, 0.6) is 5.75 Å². The Balaban J connectivity index is 1.37. The molecule has 2 aromatic rings. The van der Waals surface area contributed by atoms with Gasteiger partial charge in [-0.2, -0.15) is 0 Å². The molecule has 2 amide bonds. The van der Waals surface area contributed by atoms with Crippen molar-refractivity contribution in [1.82, 2.24) is 9.88 Å². The summed E-state index contributed by atoms with van der Waals surface area (Å²) >= 11 is 0. The SMILES string of the molecule is CCCCOc1ccc(N2C(=O)C[C@@H](N3CCN(c4ccccn4)CC3)C2=O)cc1. The topological polar surface area (TPSA) is 66.0 Å². The van der Waals surface area contributed by atoms with Gasteiger partial charge >= 0.3 is 0 Å². The molecular weight excluding hydrogens is 380 g/mol. The van der Waals surface area contributed by atoms with Gasteiger partial charge in [0, 0.05) is 32.4 Å². The van der Waals surface area contributed by atoms with Crippen LogP contribution in [0, 0.1) is 0 Å². The lowest BCUT2D eigenvalue weighted by Gasteiger charge is -2.37. The van der Waals surface area contributed by atoms with E-state index < -0.39 is 0 Å². The van der Waals surface area contributed by atoms with Crippen LogP contribution in [0.3, 0.4) is 0 Å². The van der Waals surface area contributed by atoms with Crippen molar-refractivity contribution >= 4 is 23.3 Å². The predicted octanol–water partition coefficient (Wildman–Crippen LogP) is 2.71. The summed E-state index contributed by atoms with van der Waals surface area (Å²) in [6.07, 6.45) is 4.10. The molecule has 0 N–H and O–H groups in total. The first-order valence-corrected chi connectivity index (χ1v) is 10.7. The van der Waals surface area contributed by atoms with Crippen LogP contribution >= 0.6 is 0 Å². The number of aromatic nitrogens is 1. The molecule has 1 aromatic heterocycles. The molecule has 0 spiro atoms. The first kappa shape index (κ1) is 20.3. The lowest BCUT2D eigenvalue weighted by Crippen LogP contribution is -2.52. The zero-order chi connectivity index (χ0) is 20.9. The van der Waals surface area contributed by atoms with Crippen molar-refractivity contribution in [2.24, 2.45) is 0 Å². The summed E-state index contributed by atoms with van der Waals surface area (Å²) < 4.78 is 5.67. The maximum Gasteiger partial charge on any atom is 0.251 e. The van der Waals surface area contributed by atoms with E-state index in [4.69, 9.17) is 4.74 Å². The van der Waals surface area contributed by atoms with Gasteiger partial charge in [-0.1, -0.05) is 19.4 Å². The monoisotopic (exact) mass is 408 g/mol. The second-order valence-corrected chi connectivity index (χ2v) is 7.69. The maximum atomic E-state index is 13.1. The molecule has 2 aliphatic heterocycles. The predicted molar refractivity (Wildman–Crippen MR) is 116 cm³/mol. The fourth-order valence-corrected chi connectivity index (χ4v) is 4.00. The summed E-state index contributed by atoms with van der Waals surface area (Å²) in [5.74, 6) is 1.44. The number of anilines is 2.